The van der Waals surface area contributed by atoms with Crippen LogP contribution in [-0.4, -0.2) is 24.1 Å². The lowest BCUT2D eigenvalue weighted by molar-refractivity contribution is 0.310. The van der Waals surface area contributed by atoms with E-state index in [1.807, 2.05) is 12.3 Å². The Morgan fingerprint density at radius 1 is 0.971 bits per heavy atom. The molecule has 1 saturated carbocycles. The fourth-order valence-corrected chi connectivity index (χ4v) is 5.74. The maximum absolute atomic E-state index is 5.26. The predicted octanol–water partition coefficient (Wildman–Crippen LogP) is 7.13. The summed E-state index contributed by atoms with van der Waals surface area (Å²) in [4.78, 5) is 15.0. The Balaban J connectivity index is 1.47. The first-order valence-corrected chi connectivity index (χ1v) is 12.5. The van der Waals surface area contributed by atoms with Crippen LogP contribution in [0, 0.1) is 0 Å². The molecule has 2 aromatic carbocycles. The van der Waals surface area contributed by atoms with E-state index in [1.54, 1.807) is 0 Å². The smallest absolute Gasteiger partial charge is 0.113 e. The molecular formula is C30H31N5. The summed E-state index contributed by atoms with van der Waals surface area (Å²) in [6.07, 6.45) is 9.30. The van der Waals surface area contributed by atoms with Crippen LogP contribution in [0.15, 0.2) is 55.3 Å². The van der Waals surface area contributed by atoms with E-state index in [-0.39, 0.29) is 0 Å². The molecule has 0 saturated heterocycles. The zero-order valence-corrected chi connectivity index (χ0v) is 20.9. The first-order chi connectivity index (χ1) is 17.0. The Kier molecular flexibility index (Phi) is 5.10. The van der Waals surface area contributed by atoms with Gasteiger partial charge in [0.25, 0.3) is 0 Å². The van der Waals surface area contributed by atoms with Crippen molar-refractivity contribution in [3.63, 3.8) is 0 Å². The first-order valence-electron chi connectivity index (χ1n) is 12.5. The molecule has 2 atom stereocenters. The first kappa shape index (κ1) is 21.8. The van der Waals surface area contributed by atoms with Crippen LogP contribution in [0.5, 0.6) is 0 Å². The van der Waals surface area contributed by atoms with E-state index in [9.17, 15) is 0 Å². The molecule has 0 aliphatic heterocycles. The van der Waals surface area contributed by atoms with Gasteiger partial charge in [-0.1, -0.05) is 31.7 Å². The summed E-state index contributed by atoms with van der Waals surface area (Å²) in [7, 11) is 4.30. The monoisotopic (exact) mass is 461 g/mol. The van der Waals surface area contributed by atoms with Crippen molar-refractivity contribution < 1.29 is 0 Å². The molecule has 0 bridgehead atoms. The third-order valence-corrected chi connectivity index (χ3v) is 7.87. The lowest BCUT2D eigenvalue weighted by Gasteiger charge is -2.35. The summed E-state index contributed by atoms with van der Waals surface area (Å²) in [6.45, 7) is 8.53. The van der Waals surface area contributed by atoms with Crippen LogP contribution in [0.2, 0.25) is 0 Å². The zero-order chi connectivity index (χ0) is 24.3. The molecule has 35 heavy (non-hydrogen) atoms. The molecule has 5 nitrogen and oxygen atoms in total. The van der Waals surface area contributed by atoms with Crippen LogP contribution in [0.4, 0.5) is 0 Å². The van der Waals surface area contributed by atoms with E-state index in [0.29, 0.717) is 11.8 Å². The second-order valence-electron chi connectivity index (χ2n) is 9.70. The second-order valence-corrected chi connectivity index (χ2v) is 9.70. The van der Waals surface area contributed by atoms with E-state index in [4.69, 9.17) is 9.97 Å². The van der Waals surface area contributed by atoms with Gasteiger partial charge in [-0.05, 0) is 67.7 Å². The lowest BCUT2D eigenvalue weighted by Crippen LogP contribution is -2.26. The molecule has 3 aromatic heterocycles. The van der Waals surface area contributed by atoms with Gasteiger partial charge in [-0.2, -0.15) is 0 Å². The Morgan fingerprint density at radius 2 is 1.63 bits per heavy atom. The third-order valence-electron chi connectivity index (χ3n) is 7.87. The standard InChI is InChI=1S/C30H31N5/c1-6-9-20-19(18(3)7-2)13-15-25-27(20)32-29(34(25)4)21-11-12-22(21)30-33-28-23-10-8-17-31-24(23)14-16-26(28)35(30)5/h6,8-10,13-17,21-22H,3,7,11-12H2,1-2,4-5H3. The number of benzene rings is 2. The van der Waals surface area contributed by atoms with E-state index >= 15 is 0 Å². The van der Waals surface area contributed by atoms with Crippen LogP contribution < -0.4 is 0 Å². The zero-order valence-electron chi connectivity index (χ0n) is 20.9. The van der Waals surface area contributed by atoms with Gasteiger partial charge in [-0.15, -0.1) is 0 Å². The fraction of sp³-hybridized carbons (Fsp3) is 0.300. The van der Waals surface area contributed by atoms with Gasteiger partial charge in [0.15, 0.2) is 0 Å². The van der Waals surface area contributed by atoms with Crippen LogP contribution in [-0.2, 0) is 14.1 Å². The molecular weight excluding hydrogens is 430 g/mol. The van der Waals surface area contributed by atoms with Gasteiger partial charge < -0.3 is 9.13 Å². The van der Waals surface area contributed by atoms with E-state index in [1.165, 1.54) is 16.6 Å². The molecule has 0 amide bonds. The molecule has 5 heteroatoms. The number of pyridine rings is 1. The SMILES string of the molecule is C=C(CC)c1ccc2c(nc(C3CCC3c3nc4c5cccnc5ccc4n3C)n2C)c1C=CC. The number of fused-ring (bicyclic) bond motifs is 4. The largest absolute Gasteiger partial charge is 0.331 e. The minimum atomic E-state index is 0.351. The third kappa shape index (κ3) is 3.18. The van der Waals surface area contributed by atoms with Crippen molar-refractivity contribution >= 4 is 44.6 Å². The highest BCUT2D eigenvalue weighted by molar-refractivity contribution is 6.02. The normalized spacial score (nSPS) is 18.2. The highest BCUT2D eigenvalue weighted by Gasteiger charge is 2.39. The Morgan fingerprint density at radius 3 is 2.29 bits per heavy atom. The van der Waals surface area contributed by atoms with E-state index < -0.39 is 0 Å². The fourth-order valence-electron chi connectivity index (χ4n) is 5.74. The van der Waals surface area contributed by atoms with Gasteiger partial charge in [0, 0.05) is 43.1 Å². The van der Waals surface area contributed by atoms with E-state index in [0.717, 1.165) is 63.9 Å². The van der Waals surface area contributed by atoms with Gasteiger partial charge in [0.2, 0.25) is 0 Å². The Bertz CT molecular complexity index is 1650. The number of hydrogen-bond acceptors (Lipinski definition) is 3. The topological polar surface area (TPSA) is 48.5 Å². The highest BCUT2D eigenvalue weighted by atomic mass is 15.1. The molecule has 0 N–H and O–H groups in total. The number of aryl methyl sites for hydroxylation is 2. The van der Waals surface area contributed by atoms with Crippen molar-refractivity contribution in [2.75, 3.05) is 0 Å². The second kappa shape index (κ2) is 8.19. The summed E-state index contributed by atoms with van der Waals surface area (Å²) < 4.78 is 4.56. The summed E-state index contributed by atoms with van der Waals surface area (Å²) >= 11 is 0. The molecule has 3 heterocycles. The summed E-state index contributed by atoms with van der Waals surface area (Å²) in [5.41, 5.74) is 8.96. The number of imidazole rings is 2. The quantitative estimate of drug-likeness (QED) is 0.280. The minimum Gasteiger partial charge on any atom is -0.331 e. The van der Waals surface area contributed by atoms with Crippen LogP contribution in [0.3, 0.4) is 0 Å². The van der Waals surface area contributed by atoms with Gasteiger partial charge in [-0.25, -0.2) is 9.97 Å². The van der Waals surface area contributed by atoms with Gasteiger partial charge in [0.1, 0.15) is 11.6 Å². The maximum atomic E-state index is 5.26. The number of hydrogen-bond donors (Lipinski definition) is 0. The highest BCUT2D eigenvalue weighted by Crippen LogP contribution is 2.49. The van der Waals surface area contributed by atoms with Crippen molar-refractivity contribution in [1.82, 2.24) is 24.1 Å². The van der Waals surface area contributed by atoms with Crippen molar-refractivity contribution in [1.29, 1.82) is 0 Å². The molecule has 1 aliphatic rings. The van der Waals surface area contributed by atoms with Crippen LogP contribution in [0.1, 0.15) is 67.7 Å². The molecule has 176 valence electrons. The van der Waals surface area contributed by atoms with Crippen LogP contribution >= 0.6 is 0 Å². The van der Waals surface area contributed by atoms with Crippen molar-refractivity contribution in [3.05, 3.63) is 78.0 Å². The molecule has 0 spiro atoms. The summed E-state index contributed by atoms with van der Waals surface area (Å²) in [5.74, 6) is 3.00. The number of rotatable bonds is 5. The summed E-state index contributed by atoms with van der Waals surface area (Å²) in [6, 6.07) is 12.8. The summed E-state index contributed by atoms with van der Waals surface area (Å²) in [5, 5.41) is 1.12. The van der Waals surface area contributed by atoms with Crippen molar-refractivity contribution in [2.45, 2.75) is 44.9 Å². The lowest BCUT2D eigenvalue weighted by atomic mass is 9.72. The molecule has 2 unspecified atom stereocenters. The number of aromatic nitrogens is 5. The average molecular weight is 462 g/mol. The Labute approximate surface area is 205 Å². The number of allylic oxidation sites excluding steroid dienone is 2. The average Bonchev–Trinajstić information content (AvgIpc) is 3.36. The van der Waals surface area contributed by atoms with Crippen molar-refractivity contribution in [3.8, 4) is 0 Å². The minimum absolute atomic E-state index is 0.351. The van der Waals surface area contributed by atoms with Crippen molar-refractivity contribution in [2.24, 2.45) is 14.1 Å². The molecule has 5 aromatic rings. The van der Waals surface area contributed by atoms with Crippen LogP contribution in [0.25, 0.3) is 44.6 Å². The van der Waals surface area contributed by atoms with Gasteiger partial charge in [-0.3, -0.25) is 4.98 Å². The number of nitrogens with zero attached hydrogens (tertiary/aromatic N) is 5. The maximum Gasteiger partial charge on any atom is 0.113 e. The Hall–Kier alpha value is -3.73. The van der Waals surface area contributed by atoms with Gasteiger partial charge >= 0.3 is 0 Å². The predicted molar refractivity (Wildman–Crippen MR) is 145 cm³/mol. The van der Waals surface area contributed by atoms with E-state index in [2.05, 4.69) is 91.1 Å². The molecule has 1 aliphatic carbocycles. The molecule has 6 rings (SSSR count). The molecule has 1 fully saturated rings. The molecule has 0 radical (unpaired) electrons. The van der Waals surface area contributed by atoms with Gasteiger partial charge in [0.05, 0.1) is 27.6 Å².